The molecule has 0 saturated carbocycles. The Morgan fingerprint density at radius 2 is 2.00 bits per heavy atom. The van der Waals surface area contributed by atoms with Crippen LogP contribution in [0.2, 0.25) is 0 Å². The molecule has 4 heavy (non-hydrogen) atoms. The average Bonchev–Trinajstić information content (AvgIpc) is 1.37. The van der Waals surface area contributed by atoms with Crippen LogP contribution in [0.5, 0.6) is 0 Å². The van der Waals surface area contributed by atoms with Gasteiger partial charge in [-0.2, -0.15) is 0 Å². The zero-order valence-electron chi connectivity index (χ0n) is 2.53. The monoisotopic (exact) mass is 168 g/mol. The fourth-order valence-corrected chi connectivity index (χ4v) is 0. The number of allylic oxidation sites excluding steroid dienone is 1. The number of halogens is 1. The summed E-state index contributed by atoms with van der Waals surface area (Å²) in [7, 11) is 0. The fraction of sp³-hybridized carbons (Fsp3) is 0.333. The highest BCUT2D eigenvalue weighted by Crippen LogP contribution is 1.78. The lowest BCUT2D eigenvalue weighted by atomic mass is 10.8. The highest BCUT2D eigenvalue weighted by atomic mass is 127. The van der Waals surface area contributed by atoms with Gasteiger partial charge in [0.1, 0.15) is 0 Å². The van der Waals surface area contributed by atoms with Crippen LogP contribution in [0.25, 0.3) is 0 Å². The van der Waals surface area contributed by atoms with Gasteiger partial charge >= 0.3 is 0 Å². The predicted molar refractivity (Wildman–Crippen MR) is 28.8 cm³/mol. The summed E-state index contributed by atoms with van der Waals surface area (Å²) >= 11 is 2.17. The molecule has 0 aliphatic carbocycles. The van der Waals surface area contributed by atoms with Gasteiger partial charge in [0.25, 0.3) is 0 Å². The SMILES string of the molecule is C/C=C\I. The zero-order valence-corrected chi connectivity index (χ0v) is 4.69. The van der Waals surface area contributed by atoms with Gasteiger partial charge in [-0.1, -0.05) is 28.7 Å². The van der Waals surface area contributed by atoms with Crippen molar-refractivity contribution >= 4 is 22.6 Å². The molecule has 0 N–H and O–H groups in total. The maximum absolute atomic E-state index is 2.17. The van der Waals surface area contributed by atoms with E-state index >= 15 is 0 Å². The van der Waals surface area contributed by atoms with Crippen molar-refractivity contribution < 1.29 is 0 Å². The molecular formula is C3H5I. The lowest BCUT2D eigenvalue weighted by Gasteiger charge is -1.47. The highest BCUT2D eigenvalue weighted by Gasteiger charge is 1.36. The van der Waals surface area contributed by atoms with Gasteiger partial charge in [0.05, 0.1) is 0 Å². The first-order chi connectivity index (χ1) is 1.91. The van der Waals surface area contributed by atoms with Crippen LogP contribution in [0.1, 0.15) is 6.92 Å². The van der Waals surface area contributed by atoms with E-state index < -0.39 is 0 Å². The summed E-state index contributed by atoms with van der Waals surface area (Å²) in [5, 5.41) is 0. The second-order valence-corrected chi connectivity index (χ2v) is 1.18. The molecule has 0 saturated heterocycles. The third-order valence-corrected chi connectivity index (χ3v) is 0.845. The Balaban J connectivity index is 2.55. The van der Waals surface area contributed by atoms with Crippen LogP contribution in [0.15, 0.2) is 10.2 Å². The molecule has 0 rings (SSSR count). The van der Waals surface area contributed by atoms with Crippen LogP contribution in [0, 0.1) is 0 Å². The van der Waals surface area contributed by atoms with E-state index in [1.165, 1.54) is 0 Å². The van der Waals surface area contributed by atoms with Gasteiger partial charge in [-0.15, -0.1) is 0 Å². The minimum absolute atomic E-state index is 1.97. The first-order valence-corrected chi connectivity index (χ1v) is 2.37. The summed E-state index contributed by atoms with van der Waals surface area (Å²) in [6.07, 6.45) is 1.99. The first-order valence-electron chi connectivity index (χ1n) is 1.13. The van der Waals surface area contributed by atoms with Crippen molar-refractivity contribution in [3.8, 4) is 0 Å². The van der Waals surface area contributed by atoms with Crippen molar-refractivity contribution in [3.05, 3.63) is 10.2 Å². The van der Waals surface area contributed by atoms with Crippen molar-refractivity contribution in [1.82, 2.24) is 0 Å². The van der Waals surface area contributed by atoms with Gasteiger partial charge in [0.2, 0.25) is 0 Å². The van der Waals surface area contributed by atoms with E-state index in [-0.39, 0.29) is 0 Å². The number of hydrogen-bond donors (Lipinski definition) is 0. The lowest BCUT2D eigenvalue weighted by Crippen LogP contribution is -1.18. The third-order valence-electron chi connectivity index (χ3n) is 0.126. The van der Waals surface area contributed by atoms with Crippen molar-refractivity contribution in [2.45, 2.75) is 6.92 Å². The van der Waals surface area contributed by atoms with Crippen LogP contribution >= 0.6 is 22.6 Å². The molecule has 0 fully saturated rings. The topological polar surface area (TPSA) is 0 Å². The molecule has 0 radical (unpaired) electrons. The summed E-state index contributed by atoms with van der Waals surface area (Å²) in [4.78, 5) is 0. The number of rotatable bonds is 0. The van der Waals surface area contributed by atoms with Crippen molar-refractivity contribution in [2.24, 2.45) is 0 Å². The van der Waals surface area contributed by atoms with E-state index in [0.29, 0.717) is 0 Å². The Bertz CT molecular complexity index is 18.5. The molecule has 1 heteroatoms. The van der Waals surface area contributed by atoms with Crippen LogP contribution in [-0.2, 0) is 0 Å². The van der Waals surface area contributed by atoms with E-state index in [1.807, 2.05) is 17.1 Å². The standard InChI is InChI=1S/C3H5I/c1-2-3-4/h2-3H,1H3/b3-2-. The summed E-state index contributed by atoms with van der Waals surface area (Å²) in [5.74, 6) is 0. The second-order valence-electron chi connectivity index (χ2n) is 0.459. The minimum Gasteiger partial charge on any atom is -0.0816 e. The maximum Gasteiger partial charge on any atom is -0.0277 e. The summed E-state index contributed by atoms with van der Waals surface area (Å²) in [5.41, 5.74) is 0. The van der Waals surface area contributed by atoms with E-state index in [4.69, 9.17) is 0 Å². The largest absolute Gasteiger partial charge is 0.0816 e. The molecule has 0 bridgehead atoms. The Kier molecular flexibility index (Phi) is 3.88. The van der Waals surface area contributed by atoms with E-state index in [0.717, 1.165) is 0 Å². The molecule has 0 aromatic rings. The Labute approximate surface area is 40.0 Å². The average molecular weight is 168 g/mol. The molecule has 0 aromatic heterocycles. The van der Waals surface area contributed by atoms with Crippen LogP contribution in [-0.4, -0.2) is 0 Å². The van der Waals surface area contributed by atoms with Gasteiger partial charge in [0.15, 0.2) is 0 Å². The van der Waals surface area contributed by atoms with Crippen LogP contribution in [0.4, 0.5) is 0 Å². The molecule has 0 atom stereocenters. The van der Waals surface area contributed by atoms with Gasteiger partial charge < -0.3 is 0 Å². The number of hydrogen-bond acceptors (Lipinski definition) is 0. The quantitative estimate of drug-likeness (QED) is 0.485. The molecular weight excluding hydrogens is 163 g/mol. The molecule has 24 valence electrons. The Hall–Kier alpha value is 0.470. The molecule has 0 amide bonds. The van der Waals surface area contributed by atoms with Crippen LogP contribution in [0.3, 0.4) is 0 Å². The second kappa shape index (κ2) is 3.47. The molecule has 0 nitrogen and oxygen atoms in total. The summed E-state index contributed by atoms with van der Waals surface area (Å²) < 4.78 is 1.97. The first kappa shape index (κ1) is 4.47. The van der Waals surface area contributed by atoms with Crippen LogP contribution < -0.4 is 0 Å². The van der Waals surface area contributed by atoms with Gasteiger partial charge in [-0.05, 0) is 11.0 Å². The fourth-order valence-electron chi connectivity index (χ4n) is 0. The normalized spacial score (nSPS) is 9.50. The van der Waals surface area contributed by atoms with Crippen molar-refractivity contribution in [3.63, 3.8) is 0 Å². The van der Waals surface area contributed by atoms with Gasteiger partial charge in [-0.3, -0.25) is 0 Å². The molecule has 0 aliphatic heterocycles. The zero-order chi connectivity index (χ0) is 3.41. The Morgan fingerprint density at radius 3 is 2.00 bits per heavy atom. The van der Waals surface area contributed by atoms with E-state index in [2.05, 4.69) is 22.6 Å². The molecule has 0 spiro atoms. The van der Waals surface area contributed by atoms with Crippen molar-refractivity contribution in [2.75, 3.05) is 0 Å². The van der Waals surface area contributed by atoms with E-state index in [9.17, 15) is 0 Å². The summed E-state index contributed by atoms with van der Waals surface area (Å²) in [6.45, 7) is 1.99. The third kappa shape index (κ3) is 2.47. The highest BCUT2D eigenvalue weighted by molar-refractivity contribution is 14.1. The Morgan fingerprint density at radius 1 is 1.75 bits per heavy atom. The molecule has 0 aliphatic rings. The minimum atomic E-state index is 1.97. The van der Waals surface area contributed by atoms with E-state index in [1.54, 1.807) is 0 Å². The van der Waals surface area contributed by atoms with Crippen molar-refractivity contribution in [1.29, 1.82) is 0 Å². The lowest BCUT2D eigenvalue weighted by molar-refractivity contribution is 1.80. The molecule has 0 heterocycles. The van der Waals surface area contributed by atoms with Gasteiger partial charge in [0, 0.05) is 0 Å². The molecule has 0 aromatic carbocycles. The van der Waals surface area contributed by atoms with Gasteiger partial charge in [-0.25, -0.2) is 0 Å². The molecule has 0 unspecified atom stereocenters. The summed E-state index contributed by atoms with van der Waals surface area (Å²) in [6, 6.07) is 0. The predicted octanol–water partition coefficient (Wildman–Crippen LogP) is 1.96. The maximum atomic E-state index is 2.17. The smallest absolute Gasteiger partial charge is 0.0277 e.